The van der Waals surface area contributed by atoms with E-state index in [0.717, 1.165) is 49.0 Å². The van der Waals surface area contributed by atoms with Gasteiger partial charge in [0.25, 0.3) is 0 Å². The predicted molar refractivity (Wildman–Crippen MR) is 90.9 cm³/mol. The number of nitrogens with one attached hydrogen (secondary N) is 2. The number of hydrazine groups is 1. The largest absolute Gasteiger partial charge is 0.276 e. The Morgan fingerprint density at radius 2 is 1.72 bits per heavy atom. The second kappa shape index (κ2) is 5.32. The average Bonchev–Trinajstić information content (AvgIpc) is 3.25. The van der Waals surface area contributed by atoms with Crippen LogP contribution in [0.3, 0.4) is 0 Å². The summed E-state index contributed by atoms with van der Waals surface area (Å²) in [7, 11) is 1.88. The van der Waals surface area contributed by atoms with Gasteiger partial charge in [0.1, 0.15) is 0 Å². The van der Waals surface area contributed by atoms with Crippen LogP contribution in [0.5, 0.6) is 0 Å². The van der Waals surface area contributed by atoms with E-state index in [9.17, 15) is 9.59 Å². The molecule has 4 bridgehead atoms. The van der Waals surface area contributed by atoms with Crippen molar-refractivity contribution >= 4 is 11.8 Å². The molecular formula is C19H26N4O2. The van der Waals surface area contributed by atoms with Crippen molar-refractivity contribution in [3.05, 3.63) is 18.0 Å². The summed E-state index contributed by atoms with van der Waals surface area (Å²) in [4.78, 5) is 25.2. The number of hydrogen-bond acceptors (Lipinski definition) is 3. The van der Waals surface area contributed by atoms with Crippen molar-refractivity contribution in [3.63, 3.8) is 0 Å². The van der Waals surface area contributed by atoms with Crippen LogP contribution in [-0.2, 0) is 16.6 Å². The first-order valence-corrected chi connectivity index (χ1v) is 9.61. The fourth-order valence-corrected chi connectivity index (χ4v) is 6.22. The van der Waals surface area contributed by atoms with E-state index < -0.39 is 0 Å². The fraction of sp³-hybridized carbons (Fsp3) is 0.737. The Morgan fingerprint density at radius 3 is 2.28 bits per heavy atom. The van der Waals surface area contributed by atoms with Crippen molar-refractivity contribution in [2.75, 3.05) is 0 Å². The molecular weight excluding hydrogens is 316 g/mol. The van der Waals surface area contributed by atoms with E-state index >= 15 is 0 Å². The lowest BCUT2D eigenvalue weighted by Gasteiger charge is -2.55. The van der Waals surface area contributed by atoms with Crippen molar-refractivity contribution in [1.82, 2.24) is 20.6 Å². The second-order valence-corrected chi connectivity index (χ2v) is 9.04. The van der Waals surface area contributed by atoms with Gasteiger partial charge in [-0.25, -0.2) is 0 Å². The molecule has 5 saturated carbocycles. The molecule has 0 aliphatic heterocycles. The van der Waals surface area contributed by atoms with Crippen molar-refractivity contribution in [1.29, 1.82) is 0 Å². The zero-order valence-electron chi connectivity index (χ0n) is 14.7. The van der Waals surface area contributed by atoms with Crippen molar-refractivity contribution in [3.8, 4) is 0 Å². The number of nitrogens with zero attached hydrogens (tertiary/aromatic N) is 2. The summed E-state index contributed by atoms with van der Waals surface area (Å²) in [5, 5.41) is 4.17. The Labute approximate surface area is 147 Å². The lowest BCUT2D eigenvalue weighted by molar-refractivity contribution is -0.149. The molecule has 2 atom stereocenters. The summed E-state index contributed by atoms with van der Waals surface area (Å²) in [6.07, 6.45) is 11.6. The van der Waals surface area contributed by atoms with Crippen LogP contribution >= 0.6 is 0 Å². The van der Waals surface area contributed by atoms with E-state index in [4.69, 9.17) is 0 Å². The summed E-state index contributed by atoms with van der Waals surface area (Å²) >= 11 is 0. The number of rotatable bonds is 3. The van der Waals surface area contributed by atoms with Crippen LogP contribution in [0.25, 0.3) is 0 Å². The van der Waals surface area contributed by atoms with Gasteiger partial charge in [-0.15, -0.1) is 0 Å². The third-order valence-electron chi connectivity index (χ3n) is 7.10. The number of carbonyl (C=O) groups is 2. The summed E-state index contributed by atoms with van der Waals surface area (Å²) in [5.74, 6) is 2.37. The van der Waals surface area contributed by atoms with E-state index in [1.54, 1.807) is 4.68 Å². The predicted octanol–water partition coefficient (Wildman–Crippen LogP) is 1.89. The van der Waals surface area contributed by atoms with Crippen LogP contribution in [0.4, 0.5) is 0 Å². The lowest BCUT2D eigenvalue weighted by Crippen LogP contribution is -2.56. The molecule has 0 radical (unpaired) electrons. The van der Waals surface area contributed by atoms with Gasteiger partial charge in [0.05, 0.1) is 11.6 Å². The van der Waals surface area contributed by atoms with Gasteiger partial charge in [0.2, 0.25) is 11.8 Å². The van der Waals surface area contributed by atoms with Crippen molar-refractivity contribution in [2.45, 2.75) is 50.9 Å². The van der Waals surface area contributed by atoms with Gasteiger partial charge in [-0.1, -0.05) is 0 Å². The Bertz CT molecular complexity index is 689. The smallest absolute Gasteiger partial charge is 0.244 e. The molecule has 6 rings (SSSR count). The quantitative estimate of drug-likeness (QED) is 0.824. The van der Waals surface area contributed by atoms with Gasteiger partial charge in [-0.3, -0.25) is 25.1 Å². The maximum Gasteiger partial charge on any atom is 0.244 e. The number of amides is 2. The van der Waals surface area contributed by atoms with Gasteiger partial charge >= 0.3 is 0 Å². The highest BCUT2D eigenvalue weighted by Crippen LogP contribution is 2.60. The maximum absolute atomic E-state index is 12.9. The van der Waals surface area contributed by atoms with Crippen molar-refractivity contribution in [2.24, 2.45) is 36.1 Å². The Balaban J connectivity index is 1.18. The summed E-state index contributed by atoms with van der Waals surface area (Å²) in [6, 6.07) is 0. The molecule has 6 heteroatoms. The summed E-state index contributed by atoms with van der Waals surface area (Å²) in [5.41, 5.74) is 6.38. The minimum atomic E-state index is -0.214. The monoisotopic (exact) mass is 342 g/mol. The molecule has 134 valence electrons. The van der Waals surface area contributed by atoms with Crippen LogP contribution in [0.1, 0.15) is 56.4 Å². The number of hydrogen-bond donors (Lipinski definition) is 2. The topological polar surface area (TPSA) is 76.0 Å². The van der Waals surface area contributed by atoms with E-state index in [1.807, 2.05) is 19.4 Å². The van der Waals surface area contributed by atoms with Gasteiger partial charge in [-0.2, -0.15) is 5.10 Å². The molecule has 0 spiro atoms. The van der Waals surface area contributed by atoms with Crippen LogP contribution in [0, 0.1) is 29.1 Å². The highest BCUT2D eigenvalue weighted by atomic mass is 16.2. The number of aryl methyl sites for hydroxylation is 1. The molecule has 6 nitrogen and oxygen atoms in total. The normalized spacial score (nSPS) is 40.8. The molecule has 5 aliphatic rings. The highest BCUT2D eigenvalue weighted by molar-refractivity contribution is 5.88. The second-order valence-electron chi connectivity index (χ2n) is 9.04. The van der Waals surface area contributed by atoms with E-state index in [-0.39, 0.29) is 29.1 Å². The molecule has 1 heterocycles. The maximum atomic E-state index is 12.9. The van der Waals surface area contributed by atoms with Gasteiger partial charge < -0.3 is 0 Å². The van der Waals surface area contributed by atoms with Crippen LogP contribution < -0.4 is 10.9 Å². The zero-order chi connectivity index (χ0) is 17.2. The zero-order valence-corrected chi connectivity index (χ0v) is 14.7. The standard InChI is InChI=1S/C19H26N4O2/c1-23-10-14(9-20-23)15-5-16(15)17(24)21-22-18(25)19-6-11-2-12(7-19)4-13(3-11)8-19/h9-13,15-16H,2-8H2,1H3,(H,21,24)(H,22,25)/t11?,12?,13?,15-,16-,19?/m1/s1. The van der Waals surface area contributed by atoms with E-state index in [1.165, 1.54) is 19.3 Å². The first-order valence-electron chi connectivity index (χ1n) is 9.61. The van der Waals surface area contributed by atoms with Crippen LogP contribution in [0.15, 0.2) is 12.4 Å². The van der Waals surface area contributed by atoms with Gasteiger partial charge in [0.15, 0.2) is 0 Å². The summed E-state index contributed by atoms with van der Waals surface area (Å²) in [6.45, 7) is 0. The number of carbonyl (C=O) groups excluding carboxylic acids is 2. The molecule has 0 unspecified atom stereocenters. The van der Waals surface area contributed by atoms with E-state index in [0.29, 0.717) is 0 Å². The third kappa shape index (κ3) is 2.57. The SMILES string of the molecule is Cn1cc([C@H]2C[C@H]2C(=O)NNC(=O)C23CC4CC(CC(C4)C2)C3)cn1. The van der Waals surface area contributed by atoms with Crippen LogP contribution in [-0.4, -0.2) is 21.6 Å². The summed E-state index contributed by atoms with van der Waals surface area (Å²) < 4.78 is 1.76. The molecule has 0 aromatic carbocycles. The lowest BCUT2D eigenvalue weighted by atomic mass is 9.49. The molecule has 2 N–H and O–H groups in total. The molecule has 25 heavy (non-hydrogen) atoms. The van der Waals surface area contributed by atoms with Gasteiger partial charge in [0, 0.05) is 19.2 Å². The van der Waals surface area contributed by atoms with Crippen LogP contribution in [0.2, 0.25) is 0 Å². The molecule has 2 amide bonds. The van der Waals surface area contributed by atoms with Gasteiger partial charge in [-0.05, 0) is 74.2 Å². The average molecular weight is 342 g/mol. The fourth-order valence-electron chi connectivity index (χ4n) is 6.22. The van der Waals surface area contributed by atoms with Crippen molar-refractivity contribution < 1.29 is 9.59 Å². The molecule has 5 aliphatic carbocycles. The molecule has 1 aromatic heterocycles. The first kappa shape index (κ1) is 15.4. The molecule has 1 aromatic rings. The molecule has 0 saturated heterocycles. The highest BCUT2D eigenvalue weighted by Gasteiger charge is 2.55. The minimum absolute atomic E-state index is 0.0409. The Morgan fingerprint density at radius 1 is 1.08 bits per heavy atom. The Kier molecular flexibility index (Phi) is 3.28. The third-order valence-corrected chi connectivity index (χ3v) is 7.10. The first-order chi connectivity index (χ1) is 12.0. The Hall–Kier alpha value is -1.85. The minimum Gasteiger partial charge on any atom is -0.276 e. The number of aromatic nitrogens is 2. The van der Waals surface area contributed by atoms with E-state index in [2.05, 4.69) is 16.0 Å². The molecule has 5 fully saturated rings.